The Kier molecular flexibility index (Phi) is 11.4. The van der Waals surface area contributed by atoms with Crippen LogP contribution in [0.3, 0.4) is 0 Å². The molecule has 0 radical (unpaired) electrons. The van der Waals surface area contributed by atoms with Gasteiger partial charge in [-0.05, 0) is 19.3 Å². The van der Waals surface area contributed by atoms with Gasteiger partial charge in [-0.3, -0.25) is 0 Å². The predicted octanol–water partition coefficient (Wildman–Crippen LogP) is 3.24. The molecule has 0 aliphatic carbocycles. The Balaban J connectivity index is 0. The van der Waals surface area contributed by atoms with Gasteiger partial charge in [0.15, 0.2) is 0 Å². The van der Waals surface area contributed by atoms with E-state index in [9.17, 15) is 9.59 Å². The van der Waals surface area contributed by atoms with Crippen LogP contribution >= 0.6 is 0 Å². The van der Waals surface area contributed by atoms with Crippen LogP contribution in [0.2, 0.25) is 0 Å². The Labute approximate surface area is 103 Å². The van der Waals surface area contributed by atoms with Gasteiger partial charge < -0.3 is 10.2 Å². The first kappa shape index (κ1) is 17.8. The van der Waals surface area contributed by atoms with Crippen LogP contribution in [0.25, 0.3) is 0 Å². The lowest BCUT2D eigenvalue weighted by molar-refractivity contribution is -0.133. The van der Waals surface area contributed by atoms with Gasteiger partial charge >= 0.3 is 11.9 Å². The van der Waals surface area contributed by atoms with Crippen LogP contribution in [0.5, 0.6) is 0 Å². The highest BCUT2D eigenvalue weighted by Gasteiger charge is 2.01. The van der Waals surface area contributed by atoms with Gasteiger partial charge in [0, 0.05) is 11.1 Å². The SMILES string of the molecule is C=C(CC)C(=O)O.C=C(CCCCC)C(=O)O. The second-order valence-electron chi connectivity index (χ2n) is 3.63. The summed E-state index contributed by atoms with van der Waals surface area (Å²) in [5.74, 6) is -1.77. The Morgan fingerprint density at radius 3 is 1.65 bits per heavy atom. The lowest BCUT2D eigenvalue weighted by atomic mass is 10.1. The van der Waals surface area contributed by atoms with E-state index in [1.807, 2.05) is 0 Å². The van der Waals surface area contributed by atoms with E-state index in [2.05, 4.69) is 20.1 Å². The van der Waals surface area contributed by atoms with Gasteiger partial charge in [-0.15, -0.1) is 0 Å². The van der Waals surface area contributed by atoms with Crippen molar-refractivity contribution >= 4 is 11.9 Å². The van der Waals surface area contributed by atoms with Gasteiger partial charge in [-0.1, -0.05) is 39.8 Å². The van der Waals surface area contributed by atoms with E-state index in [1.165, 1.54) is 0 Å². The number of hydrogen-bond acceptors (Lipinski definition) is 2. The zero-order valence-electron chi connectivity index (χ0n) is 10.7. The topological polar surface area (TPSA) is 74.6 Å². The van der Waals surface area contributed by atoms with Crippen LogP contribution in [-0.4, -0.2) is 22.2 Å². The van der Waals surface area contributed by atoms with Gasteiger partial charge in [0.1, 0.15) is 0 Å². The van der Waals surface area contributed by atoms with E-state index in [-0.39, 0.29) is 5.57 Å². The smallest absolute Gasteiger partial charge is 0.330 e. The zero-order chi connectivity index (χ0) is 13.8. The third kappa shape index (κ3) is 12.4. The van der Waals surface area contributed by atoms with E-state index in [4.69, 9.17) is 10.2 Å². The lowest BCUT2D eigenvalue weighted by Gasteiger charge is -1.97. The molecule has 0 rings (SSSR count). The maximum atomic E-state index is 10.2. The summed E-state index contributed by atoms with van der Waals surface area (Å²) in [7, 11) is 0. The van der Waals surface area contributed by atoms with Crippen molar-refractivity contribution in [1.29, 1.82) is 0 Å². The minimum atomic E-state index is -0.900. The molecule has 0 spiro atoms. The monoisotopic (exact) mass is 242 g/mol. The van der Waals surface area contributed by atoms with E-state index in [1.54, 1.807) is 6.92 Å². The molecule has 0 saturated carbocycles. The summed E-state index contributed by atoms with van der Waals surface area (Å²) in [5.41, 5.74) is 0.591. The molecule has 0 amide bonds. The normalized spacial score (nSPS) is 8.82. The Morgan fingerprint density at radius 1 is 0.941 bits per heavy atom. The Bertz CT molecular complexity index is 279. The van der Waals surface area contributed by atoms with Crippen LogP contribution < -0.4 is 0 Å². The number of aliphatic carboxylic acids is 2. The van der Waals surface area contributed by atoms with Crippen molar-refractivity contribution in [3.05, 3.63) is 24.3 Å². The maximum Gasteiger partial charge on any atom is 0.330 e. The fourth-order valence-electron chi connectivity index (χ4n) is 0.847. The number of carboxylic acid groups (broad SMARTS) is 2. The van der Waals surface area contributed by atoms with Crippen molar-refractivity contribution in [2.75, 3.05) is 0 Å². The van der Waals surface area contributed by atoms with Gasteiger partial charge in [0.2, 0.25) is 0 Å². The molecule has 0 aromatic rings. The molecule has 0 aromatic carbocycles. The highest BCUT2D eigenvalue weighted by atomic mass is 16.4. The maximum absolute atomic E-state index is 10.2. The standard InChI is InChI=1S/C8H14O2.C5H8O2/c1-3-4-5-6-7(2)8(9)10;1-3-4(2)5(6)7/h2-6H2,1H3,(H,9,10);2-3H2,1H3,(H,6,7). The average Bonchev–Trinajstić information content (AvgIpc) is 2.28. The molecule has 0 unspecified atom stereocenters. The highest BCUT2D eigenvalue weighted by Crippen LogP contribution is 2.06. The number of carbonyl (C=O) groups is 2. The summed E-state index contributed by atoms with van der Waals surface area (Å²) in [6.07, 6.45) is 4.30. The van der Waals surface area contributed by atoms with Crippen LogP contribution in [0.4, 0.5) is 0 Å². The third-order valence-electron chi connectivity index (χ3n) is 2.11. The summed E-state index contributed by atoms with van der Waals surface area (Å²) >= 11 is 0. The number of unbranched alkanes of at least 4 members (excludes halogenated alkanes) is 2. The first-order valence-corrected chi connectivity index (χ1v) is 5.68. The third-order valence-corrected chi connectivity index (χ3v) is 2.11. The molecule has 0 atom stereocenters. The van der Waals surface area contributed by atoms with Crippen molar-refractivity contribution in [2.45, 2.75) is 46.0 Å². The zero-order valence-corrected chi connectivity index (χ0v) is 10.7. The number of rotatable bonds is 7. The molecule has 98 valence electrons. The fraction of sp³-hybridized carbons (Fsp3) is 0.538. The molecule has 2 N–H and O–H groups in total. The molecule has 0 saturated heterocycles. The van der Waals surface area contributed by atoms with Crippen molar-refractivity contribution < 1.29 is 19.8 Å². The quantitative estimate of drug-likeness (QED) is 0.531. The average molecular weight is 242 g/mol. The molecule has 0 aromatic heterocycles. The molecule has 0 fully saturated rings. The second kappa shape index (κ2) is 10.9. The van der Waals surface area contributed by atoms with Crippen molar-refractivity contribution in [3.63, 3.8) is 0 Å². The summed E-state index contributed by atoms with van der Waals surface area (Å²) in [5, 5.41) is 16.5. The van der Waals surface area contributed by atoms with Crippen LogP contribution in [-0.2, 0) is 9.59 Å². The first-order chi connectivity index (χ1) is 7.86. The molecule has 4 nitrogen and oxygen atoms in total. The van der Waals surface area contributed by atoms with E-state index >= 15 is 0 Å². The van der Waals surface area contributed by atoms with Crippen LogP contribution in [0.1, 0.15) is 46.0 Å². The molecule has 0 heterocycles. The van der Waals surface area contributed by atoms with Crippen molar-refractivity contribution in [1.82, 2.24) is 0 Å². The molecule has 17 heavy (non-hydrogen) atoms. The summed E-state index contributed by atoms with van der Waals surface area (Å²) in [4.78, 5) is 20.0. The van der Waals surface area contributed by atoms with E-state index in [0.717, 1.165) is 19.3 Å². The minimum absolute atomic E-state index is 0.264. The number of carboxylic acids is 2. The Hall–Kier alpha value is -1.58. The molecular formula is C13H22O4. The van der Waals surface area contributed by atoms with E-state index < -0.39 is 11.9 Å². The highest BCUT2D eigenvalue weighted by molar-refractivity contribution is 5.85. The van der Waals surface area contributed by atoms with Gasteiger partial charge in [-0.25, -0.2) is 9.59 Å². The van der Waals surface area contributed by atoms with Crippen molar-refractivity contribution in [3.8, 4) is 0 Å². The molecule has 4 heteroatoms. The molecule has 0 aliphatic rings. The molecule has 0 aliphatic heterocycles. The van der Waals surface area contributed by atoms with Crippen molar-refractivity contribution in [2.24, 2.45) is 0 Å². The van der Waals surface area contributed by atoms with Gasteiger partial charge in [0.05, 0.1) is 0 Å². The van der Waals surface area contributed by atoms with Gasteiger partial charge in [0.25, 0.3) is 0 Å². The molecular weight excluding hydrogens is 220 g/mol. The summed E-state index contributed by atoms with van der Waals surface area (Å²) in [6, 6.07) is 0. The van der Waals surface area contributed by atoms with Crippen LogP contribution in [0.15, 0.2) is 24.3 Å². The van der Waals surface area contributed by atoms with Crippen LogP contribution in [0, 0.1) is 0 Å². The largest absolute Gasteiger partial charge is 0.478 e. The Morgan fingerprint density at radius 2 is 1.41 bits per heavy atom. The second-order valence-corrected chi connectivity index (χ2v) is 3.63. The minimum Gasteiger partial charge on any atom is -0.478 e. The van der Waals surface area contributed by atoms with E-state index in [0.29, 0.717) is 18.4 Å². The predicted molar refractivity (Wildman–Crippen MR) is 68.0 cm³/mol. The summed E-state index contributed by atoms with van der Waals surface area (Å²) in [6.45, 7) is 10.5. The molecule has 0 bridgehead atoms. The number of hydrogen-bond donors (Lipinski definition) is 2. The summed E-state index contributed by atoms with van der Waals surface area (Å²) < 4.78 is 0. The fourth-order valence-corrected chi connectivity index (χ4v) is 0.847. The van der Waals surface area contributed by atoms with Gasteiger partial charge in [-0.2, -0.15) is 0 Å². The first-order valence-electron chi connectivity index (χ1n) is 5.68. The lowest BCUT2D eigenvalue weighted by Crippen LogP contribution is -1.98.